The molecule has 0 aliphatic heterocycles. The van der Waals surface area contributed by atoms with Gasteiger partial charge in [-0.25, -0.2) is 4.39 Å². The van der Waals surface area contributed by atoms with Gasteiger partial charge in [-0.1, -0.05) is 37.1 Å². The molecule has 7 nitrogen and oxygen atoms in total. The summed E-state index contributed by atoms with van der Waals surface area (Å²) in [5.41, 5.74) is 10.7. The zero-order valence-electron chi connectivity index (χ0n) is 23.3. The van der Waals surface area contributed by atoms with Crippen LogP contribution in [-0.4, -0.2) is 29.3 Å². The van der Waals surface area contributed by atoms with Gasteiger partial charge in [-0.05, 0) is 97.4 Å². The van der Waals surface area contributed by atoms with Crippen LogP contribution in [0.4, 0.5) is 15.8 Å². The molecule has 1 aromatic heterocycles. The van der Waals surface area contributed by atoms with Gasteiger partial charge >= 0.3 is 0 Å². The minimum atomic E-state index is -0.981. The summed E-state index contributed by atoms with van der Waals surface area (Å²) in [4.78, 5) is 30.4. The van der Waals surface area contributed by atoms with E-state index in [1.54, 1.807) is 31.4 Å². The van der Waals surface area contributed by atoms with Crippen LogP contribution in [0.3, 0.4) is 0 Å². The molecule has 2 amide bonds. The Kier molecular flexibility index (Phi) is 8.35. The number of anilines is 2. The lowest BCUT2D eigenvalue weighted by Crippen LogP contribution is -2.46. The van der Waals surface area contributed by atoms with E-state index in [9.17, 15) is 14.0 Å². The van der Waals surface area contributed by atoms with Crippen LogP contribution in [0.5, 0.6) is 5.75 Å². The van der Waals surface area contributed by atoms with Crippen LogP contribution in [0.15, 0.2) is 66.7 Å². The number of carbonyl (C=O) groups excluding carboxylic acids is 2. The SMILES string of the molecule is COc1ccc(C(C(=O)NC2CCCC2)N(C(=O)c2snc(-c3ccc(F)cc3)c2N)c2cc(C)ccc2C)cc1. The first-order valence-electron chi connectivity index (χ1n) is 13.6. The number of nitrogens with zero attached hydrogens (tertiary/aromatic N) is 2. The first-order valence-corrected chi connectivity index (χ1v) is 14.4. The molecule has 3 N–H and O–H groups in total. The molecule has 1 heterocycles. The Bertz CT molecular complexity index is 1550. The molecule has 212 valence electrons. The van der Waals surface area contributed by atoms with Gasteiger partial charge in [-0.2, -0.15) is 4.37 Å². The molecule has 4 aromatic rings. The van der Waals surface area contributed by atoms with Gasteiger partial charge in [0.1, 0.15) is 28.2 Å². The summed E-state index contributed by atoms with van der Waals surface area (Å²) in [6.45, 7) is 3.86. The molecule has 0 bridgehead atoms. The molecule has 1 aliphatic carbocycles. The van der Waals surface area contributed by atoms with Crippen molar-refractivity contribution in [3.63, 3.8) is 0 Å². The first-order chi connectivity index (χ1) is 19.8. The molecule has 0 saturated heterocycles. The quantitative estimate of drug-likeness (QED) is 0.248. The number of benzene rings is 3. The van der Waals surface area contributed by atoms with E-state index in [4.69, 9.17) is 10.5 Å². The van der Waals surface area contributed by atoms with Gasteiger partial charge in [0, 0.05) is 17.3 Å². The average molecular weight is 573 g/mol. The van der Waals surface area contributed by atoms with Crippen LogP contribution >= 0.6 is 11.5 Å². The highest BCUT2D eigenvalue weighted by atomic mass is 32.1. The fraction of sp³-hybridized carbons (Fsp3) is 0.281. The minimum absolute atomic E-state index is 0.0531. The molecule has 9 heteroatoms. The van der Waals surface area contributed by atoms with Gasteiger partial charge in [0.25, 0.3) is 5.91 Å². The van der Waals surface area contributed by atoms with Crippen molar-refractivity contribution in [3.8, 4) is 17.0 Å². The van der Waals surface area contributed by atoms with Crippen molar-refractivity contribution in [3.05, 3.63) is 94.1 Å². The highest BCUT2D eigenvalue weighted by molar-refractivity contribution is 7.09. The highest BCUT2D eigenvalue weighted by Crippen LogP contribution is 2.38. The summed E-state index contributed by atoms with van der Waals surface area (Å²) < 4.78 is 23.4. The lowest BCUT2D eigenvalue weighted by atomic mass is 9.99. The third kappa shape index (κ3) is 5.95. The Morgan fingerprint density at radius 3 is 2.39 bits per heavy atom. The number of nitrogen functional groups attached to an aromatic ring is 1. The normalized spacial score (nSPS) is 14.0. The van der Waals surface area contributed by atoms with E-state index in [2.05, 4.69) is 9.69 Å². The van der Waals surface area contributed by atoms with Crippen molar-refractivity contribution in [2.24, 2.45) is 0 Å². The molecular weight excluding hydrogens is 539 g/mol. The molecule has 1 unspecified atom stereocenters. The van der Waals surface area contributed by atoms with Crippen LogP contribution in [0.1, 0.15) is 58.1 Å². The van der Waals surface area contributed by atoms with E-state index in [0.717, 1.165) is 48.3 Å². The number of amides is 2. The van der Waals surface area contributed by atoms with Gasteiger partial charge in [0.2, 0.25) is 5.91 Å². The van der Waals surface area contributed by atoms with Crippen molar-refractivity contribution >= 4 is 34.7 Å². The number of ether oxygens (including phenoxy) is 1. The second-order valence-corrected chi connectivity index (χ2v) is 11.2. The Balaban J connectivity index is 1.65. The van der Waals surface area contributed by atoms with Crippen LogP contribution in [-0.2, 0) is 4.79 Å². The third-order valence-corrected chi connectivity index (χ3v) is 8.37. The van der Waals surface area contributed by atoms with Crippen LogP contribution in [0.25, 0.3) is 11.3 Å². The Labute approximate surface area is 243 Å². The van der Waals surface area contributed by atoms with Gasteiger partial charge in [0.05, 0.1) is 12.8 Å². The number of nitrogens with two attached hydrogens (primary N) is 1. The summed E-state index contributed by atoms with van der Waals surface area (Å²) in [5, 5.41) is 3.20. The minimum Gasteiger partial charge on any atom is -0.497 e. The predicted octanol–water partition coefficient (Wildman–Crippen LogP) is 6.60. The third-order valence-electron chi connectivity index (χ3n) is 7.52. The number of methoxy groups -OCH3 is 1. The summed E-state index contributed by atoms with van der Waals surface area (Å²) >= 11 is 0.968. The standard InChI is InChI=1S/C32H33FN4O3S/c1-19-8-9-20(2)26(18-19)37(32(39)30-27(34)28(36-41-30)21-10-14-23(33)15-11-21)29(22-12-16-25(40-3)17-13-22)31(38)35-24-6-4-5-7-24/h8-18,24,29H,4-7,34H2,1-3H3,(H,35,38). The Hall–Kier alpha value is -4.24. The molecule has 1 fully saturated rings. The molecule has 1 atom stereocenters. The highest BCUT2D eigenvalue weighted by Gasteiger charge is 2.37. The van der Waals surface area contributed by atoms with Gasteiger partial charge in [-0.3, -0.25) is 14.5 Å². The maximum atomic E-state index is 14.6. The van der Waals surface area contributed by atoms with Gasteiger partial charge in [0.15, 0.2) is 0 Å². The first kappa shape index (κ1) is 28.3. The number of rotatable bonds is 8. The van der Waals surface area contributed by atoms with Crippen molar-refractivity contribution in [2.75, 3.05) is 17.7 Å². The maximum Gasteiger partial charge on any atom is 0.273 e. The largest absolute Gasteiger partial charge is 0.497 e. The summed E-state index contributed by atoms with van der Waals surface area (Å²) in [6, 6.07) is 17.9. The Morgan fingerprint density at radius 1 is 1.05 bits per heavy atom. The molecule has 41 heavy (non-hydrogen) atoms. The fourth-order valence-electron chi connectivity index (χ4n) is 5.28. The van der Waals surface area contributed by atoms with Crippen molar-refractivity contribution in [1.82, 2.24) is 9.69 Å². The van der Waals surface area contributed by atoms with Gasteiger partial charge in [-0.15, -0.1) is 0 Å². The number of hydrogen-bond donors (Lipinski definition) is 2. The molecule has 0 spiro atoms. The van der Waals surface area contributed by atoms with E-state index in [-0.39, 0.29) is 28.3 Å². The lowest BCUT2D eigenvalue weighted by Gasteiger charge is -2.33. The van der Waals surface area contributed by atoms with Crippen molar-refractivity contribution in [2.45, 2.75) is 51.6 Å². The zero-order chi connectivity index (χ0) is 29.1. The number of aromatic nitrogens is 1. The van der Waals surface area contributed by atoms with Crippen LogP contribution in [0, 0.1) is 19.7 Å². The fourth-order valence-corrected chi connectivity index (χ4v) is 6.03. The van der Waals surface area contributed by atoms with Crippen molar-refractivity contribution in [1.29, 1.82) is 0 Å². The molecule has 1 saturated carbocycles. The molecule has 0 radical (unpaired) electrons. The topological polar surface area (TPSA) is 97.5 Å². The lowest BCUT2D eigenvalue weighted by molar-refractivity contribution is -0.123. The van der Waals surface area contributed by atoms with E-state index >= 15 is 0 Å². The molecular formula is C32H33FN4O3S. The number of aryl methyl sites for hydroxylation is 2. The number of carbonyl (C=O) groups is 2. The van der Waals surface area contributed by atoms with Crippen LogP contribution < -0.4 is 20.7 Å². The smallest absolute Gasteiger partial charge is 0.273 e. The summed E-state index contributed by atoms with van der Waals surface area (Å²) in [7, 11) is 1.58. The number of halogens is 1. The summed E-state index contributed by atoms with van der Waals surface area (Å²) in [5.74, 6) is -0.442. The van der Waals surface area contributed by atoms with Crippen molar-refractivity contribution < 1.29 is 18.7 Å². The number of hydrogen-bond acceptors (Lipinski definition) is 6. The van der Waals surface area contributed by atoms with Crippen LogP contribution in [0.2, 0.25) is 0 Å². The zero-order valence-corrected chi connectivity index (χ0v) is 24.1. The van der Waals surface area contributed by atoms with Gasteiger partial charge < -0.3 is 15.8 Å². The Morgan fingerprint density at radius 2 is 1.73 bits per heavy atom. The molecule has 3 aromatic carbocycles. The second kappa shape index (κ2) is 12.1. The maximum absolute atomic E-state index is 14.6. The molecule has 1 aliphatic rings. The monoisotopic (exact) mass is 572 g/mol. The van der Waals surface area contributed by atoms with E-state index < -0.39 is 11.9 Å². The van der Waals surface area contributed by atoms with E-state index in [1.807, 2.05) is 44.2 Å². The van der Waals surface area contributed by atoms with E-state index in [1.165, 1.54) is 17.0 Å². The molecule has 5 rings (SSSR count). The second-order valence-electron chi connectivity index (χ2n) is 10.4. The predicted molar refractivity (Wildman–Crippen MR) is 161 cm³/mol. The van der Waals surface area contributed by atoms with E-state index in [0.29, 0.717) is 28.3 Å². The average Bonchev–Trinajstić information content (AvgIpc) is 3.63. The number of nitrogens with one attached hydrogen (secondary N) is 1. The summed E-state index contributed by atoms with van der Waals surface area (Å²) in [6.07, 6.45) is 3.92.